The summed E-state index contributed by atoms with van der Waals surface area (Å²) in [4.78, 5) is 5.53. The fraction of sp³-hybridized carbons (Fsp3) is 0.294. The largest absolute Gasteiger partial charge is 0.395 e. The molecule has 0 bridgehead atoms. The Morgan fingerprint density at radius 1 is 1.12 bits per heavy atom. The summed E-state index contributed by atoms with van der Waals surface area (Å²) in [5.74, 6) is 0. The molecule has 0 saturated carbocycles. The highest BCUT2D eigenvalue weighted by Gasteiger charge is 2.12. The molecule has 0 heterocycles. The van der Waals surface area contributed by atoms with E-state index in [0.29, 0.717) is 17.1 Å². The van der Waals surface area contributed by atoms with E-state index < -0.39 is 11.0 Å². The smallest absolute Gasteiger partial charge is 0.152 e. The monoisotopic (exact) mass is 349 g/mol. The summed E-state index contributed by atoms with van der Waals surface area (Å²) in [6.45, 7) is 2.54. The van der Waals surface area contributed by atoms with Crippen molar-refractivity contribution in [2.45, 2.75) is 24.4 Å². The first-order valence-electron chi connectivity index (χ1n) is 7.64. The van der Waals surface area contributed by atoms with E-state index in [1.165, 1.54) is 7.11 Å². The van der Waals surface area contributed by atoms with Crippen LogP contribution < -0.4 is 15.5 Å². The lowest BCUT2D eigenvalue weighted by atomic mass is 10.2. The van der Waals surface area contributed by atoms with Gasteiger partial charge in [-0.05, 0) is 30.7 Å². The number of nitrogens with one attached hydrogen (secondary N) is 3. The molecule has 2 aromatic carbocycles. The van der Waals surface area contributed by atoms with Gasteiger partial charge < -0.3 is 15.1 Å². The van der Waals surface area contributed by atoms with Crippen LogP contribution in [0.15, 0.2) is 53.4 Å². The highest BCUT2D eigenvalue weighted by atomic mass is 32.2. The molecule has 130 valence electrons. The first kappa shape index (κ1) is 18.4. The summed E-state index contributed by atoms with van der Waals surface area (Å²) >= 11 is 0. The maximum Gasteiger partial charge on any atom is 0.152 e. The Bertz CT molecular complexity index is 682. The molecule has 0 radical (unpaired) electrons. The van der Waals surface area contributed by atoms with Crippen LogP contribution >= 0.6 is 0 Å². The molecule has 0 aliphatic rings. The minimum atomic E-state index is -1.44. The quantitative estimate of drug-likeness (QED) is 0.522. The van der Waals surface area contributed by atoms with Crippen molar-refractivity contribution in [1.82, 2.24) is 5.32 Å². The molecular formula is C17H23N3O3S. The van der Waals surface area contributed by atoms with Crippen LogP contribution in [-0.2, 0) is 22.4 Å². The first-order valence-corrected chi connectivity index (χ1v) is 8.79. The summed E-state index contributed by atoms with van der Waals surface area (Å²) in [5, 5.41) is 12.3. The van der Waals surface area contributed by atoms with Gasteiger partial charge in [0.2, 0.25) is 0 Å². The SMILES string of the molecule is CONc1ccccc1S(=O)Nc1ccccc1CN[C@H](C)CO. The second-order valence-electron chi connectivity index (χ2n) is 5.29. The molecule has 0 fully saturated rings. The summed E-state index contributed by atoms with van der Waals surface area (Å²) in [5.41, 5.74) is 5.13. The molecule has 0 aliphatic heterocycles. The fourth-order valence-corrected chi connectivity index (χ4v) is 3.12. The lowest BCUT2D eigenvalue weighted by Crippen LogP contribution is -2.29. The van der Waals surface area contributed by atoms with Crippen LogP contribution in [0.25, 0.3) is 0 Å². The molecule has 0 saturated heterocycles. The van der Waals surface area contributed by atoms with Crippen molar-refractivity contribution < 1.29 is 14.2 Å². The van der Waals surface area contributed by atoms with E-state index in [1.807, 2.05) is 43.3 Å². The van der Waals surface area contributed by atoms with Gasteiger partial charge in [0.1, 0.15) is 0 Å². The summed E-state index contributed by atoms with van der Waals surface area (Å²) < 4.78 is 15.7. The molecule has 2 rings (SSSR count). The van der Waals surface area contributed by atoms with E-state index in [-0.39, 0.29) is 12.6 Å². The number of para-hydroxylation sites is 2. The molecule has 2 atom stereocenters. The number of aliphatic hydroxyl groups excluding tert-OH is 1. The maximum absolute atomic E-state index is 12.7. The van der Waals surface area contributed by atoms with Crippen LogP contribution in [0.5, 0.6) is 0 Å². The molecule has 7 heteroatoms. The van der Waals surface area contributed by atoms with Crippen LogP contribution in [0.4, 0.5) is 11.4 Å². The van der Waals surface area contributed by atoms with Crippen LogP contribution in [-0.4, -0.2) is 29.1 Å². The fourth-order valence-electron chi connectivity index (χ4n) is 2.10. The van der Waals surface area contributed by atoms with Gasteiger partial charge in [-0.25, -0.2) is 4.21 Å². The molecule has 0 amide bonds. The molecule has 24 heavy (non-hydrogen) atoms. The van der Waals surface area contributed by atoms with E-state index in [4.69, 9.17) is 9.94 Å². The number of anilines is 2. The second kappa shape index (κ2) is 9.39. The Morgan fingerprint density at radius 3 is 2.50 bits per heavy atom. The Balaban J connectivity index is 2.15. The van der Waals surface area contributed by atoms with Crippen molar-refractivity contribution in [3.8, 4) is 0 Å². The first-order chi connectivity index (χ1) is 11.7. The molecule has 0 spiro atoms. The Labute approximate surface area is 144 Å². The van der Waals surface area contributed by atoms with Crippen molar-refractivity contribution in [2.75, 3.05) is 23.9 Å². The molecule has 0 aliphatic carbocycles. The predicted octanol–water partition coefficient (Wildman–Crippen LogP) is 2.27. The van der Waals surface area contributed by atoms with Crippen LogP contribution in [0.3, 0.4) is 0 Å². The van der Waals surface area contributed by atoms with Crippen molar-refractivity contribution in [3.63, 3.8) is 0 Å². The number of aliphatic hydroxyl groups is 1. The van der Waals surface area contributed by atoms with Crippen molar-refractivity contribution in [1.29, 1.82) is 0 Å². The van der Waals surface area contributed by atoms with Crippen LogP contribution in [0, 0.1) is 0 Å². The van der Waals surface area contributed by atoms with Gasteiger partial charge in [-0.3, -0.25) is 10.3 Å². The van der Waals surface area contributed by atoms with Crippen molar-refractivity contribution in [3.05, 3.63) is 54.1 Å². The lowest BCUT2D eigenvalue weighted by molar-refractivity contribution is 0.251. The van der Waals surface area contributed by atoms with Gasteiger partial charge in [0, 0.05) is 12.6 Å². The van der Waals surface area contributed by atoms with E-state index in [9.17, 15) is 4.21 Å². The van der Waals surface area contributed by atoms with Gasteiger partial charge >= 0.3 is 0 Å². The van der Waals surface area contributed by atoms with E-state index in [2.05, 4.69) is 15.5 Å². The number of rotatable bonds is 9. The van der Waals surface area contributed by atoms with E-state index >= 15 is 0 Å². The molecular weight excluding hydrogens is 326 g/mol. The standard InChI is InChI=1S/C17H23N3O3S/c1-13(12-21)18-11-14-7-3-4-8-15(14)20-24(22)17-10-6-5-9-16(17)19-23-2/h3-10,13,18-21H,11-12H2,1-2H3/t13-,24?/m1/s1. The molecule has 1 unspecified atom stereocenters. The van der Waals surface area contributed by atoms with E-state index in [1.54, 1.807) is 12.1 Å². The average Bonchev–Trinajstić information content (AvgIpc) is 2.61. The summed E-state index contributed by atoms with van der Waals surface area (Å²) in [7, 11) is 0.0669. The third-order valence-corrected chi connectivity index (χ3v) is 4.59. The normalized spacial score (nSPS) is 13.3. The predicted molar refractivity (Wildman–Crippen MR) is 96.9 cm³/mol. The molecule has 0 aromatic heterocycles. The Hall–Kier alpha value is -1.93. The highest BCUT2D eigenvalue weighted by molar-refractivity contribution is 7.86. The van der Waals surface area contributed by atoms with Gasteiger partial charge in [0.15, 0.2) is 11.0 Å². The Kier molecular flexibility index (Phi) is 7.20. The summed E-state index contributed by atoms with van der Waals surface area (Å²) in [6.07, 6.45) is 0. The third-order valence-electron chi connectivity index (χ3n) is 3.43. The topological polar surface area (TPSA) is 82.6 Å². The minimum Gasteiger partial charge on any atom is -0.395 e. The number of benzene rings is 2. The van der Waals surface area contributed by atoms with E-state index in [0.717, 1.165) is 11.3 Å². The molecule has 6 nitrogen and oxygen atoms in total. The van der Waals surface area contributed by atoms with Gasteiger partial charge in [-0.2, -0.15) is 0 Å². The minimum absolute atomic E-state index is 0.00446. The van der Waals surface area contributed by atoms with Gasteiger partial charge in [-0.1, -0.05) is 30.3 Å². The maximum atomic E-state index is 12.7. The van der Waals surface area contributed by atoms with Gasteiger partial charge in [0.25, 0.3) is 0 Å². The average molecular weight is 349 g/mol. The van der Waals surface area contributed by atoms with Gasteiger partial charge in [-0.15, -0.1) is 0 Å². The van der Waals surface area contributed by atoms with Crippen LogP contribution in [0.1, 0.15) is 12.5 Å². The highest BCUT2D eigenvalue weighted by Crippen LogP contribution is 2.22. The lowest BCUT2D eigenvalue weighted by Gasteiger charge is -2.16. The second-order valence-corrected chi connectivity index (χ2v) is 6.48. The van der Waals surface area contributed by atoms with Gasteiger partial charge in [0.05, 0.1) is 30.0 Å². The molecule has 4 N–H and O–H groups in total. The summed E-state index contributed by atoms with van der Waals surface area (Å²) in [6, 6.07) is 14.9. The molecule has 2 aromatic rings. The van der Waals surface area contributed by atoms with Crippen molar-refractivity contribution in [2.24, 2.45) is 0 Å². The zero-order valence-electron chi connectivity index (χ0n) is 13.8. The van der Waals surface area contributed by atoms with Crippen LogP contribution in [0.2, 0.25) is 0 Å². The zero-order valence-corrected chi connectivity index (χ0v) is 14.6. The zero-order chi connectivity index (χ0) is 17.4. The number of hydrogen-bond donors (Lipinski definition) is 4. The van der Waals surface area contributed by atoms with Crippen molar-refractivity contribution >= 4 is 22.4 Å². The Morgan fingerprint density at radius 2 is 1.79 bits per heavy atom. The number of hydrogen-bond acceptors (Lipinski definition) is 5. The third kappa shape index (κ3) is 5.04.